The number of hydrogen-bond donors (Lipinski definition) is 0. The van der Waals surface area contributed by atoms with Crippen molar-refractivity contribution >= 4 is 44.9 Å². The highest BCUT2D eigenvalue weighted by atomic mass is 15.3. The van der Waals surface area contributed by atoms with Crippen LogP contribution in [-0.2, 0) is 0 Å². The van der Waals surface area contributed by atoms with Crippen molar-refractivity contribution in [2.45, 2.75) is 27.7 Å². The van der Waals surface area contributed by atoms with Crippen LogP contribution in [0, 0.1) is 27.7 Å². The number of fused-ring (bicyclic) bond motifs is 3. The number of aryl methyl sites for hydroxylation is 4. The first-order valence-corrected chi connectivity index (χ1v) is 16.0. The van der Waals surface area contributed by atoms with E-state index in [-0.39, 0.29) is 0 Å². The van der Waals surface area contributed by atoms with Gasteiger partial charge < -0.3 is 9.80 Å². The van der Waals surface area contributed by atoms with E-state index in [0.717, 1.165) is 34.1 Å². The third kappa shape index (κ3) is 4.83. The molecular formula is C44H36N2. The molecule has 0 N–H and O–H groups in total. The Morgan fingerprint density at radius 3 is 0.978 bits per heavy atom. The molecule has 222 valence electrons. The number of benzene rings is 7. The molecule has 0 radical (unpaired) electrons. The van der Waals surface area contributed by atoms with Crippen LogP contribution >= 0.6 is 0 Å². The Hall–Kier alpha value is -5.60. The van der Waals surface area contributed by atoms with Crippen molar-refractivity contribution in [3.8, 4) is 22.3 Å². The second kappa shape index (κ2) is 11.1. The van der Waals surface area contributed by atoms with Gasteiger partial charge in [-0.3, -0.25) is 0 Å². The maximum Gasteiger partial charge on any atom is 0.0709 e. The van der Waals surface area contributed by atoms with Crippen molar-refractivity contribution in [2.24, 2.45) is 0 Å². The van der Waals surface area contributed by atoms with Gasteiger partial charge in [-0.2, -0.15) is 0 Å². The van der Waals surface area contributed by atoms with Crippen molar-refractivity contribution in [1.29, 1.82) is 0 Å². The number of nitrogens with zero attached hydrogens (tertiary/aromatic N) is 2. The van der Waals surface area contributed by atoms with Crippen LogP contribution in [0.4, 0.5) is 34.1 Å². The van der Waals surface area contributed by atoms with E-state index >= 15 is 0 Å². The minimum atomic E-state index is 1.14. The molecule has 0 unspecified atom stereocenters. The Kier molecular flexibility index (Phi) is 6.73. The van der Waals surface area contributed by atoms with Gasteiger partial charge in [-0.1, -0.05) is 119 Å². The predicted molar refractivity (Wildman–Crippen MR) is 197 cm³/mol. The maximum absolute atomic E-state index is 2.46. The standard InChI is InChI=1S/C44H36N2/c1-29-9-17-33(18-10-29)39-27-43-44(28-40(39)34-19-11-30(2)12-20-34)46(38-23-15-32(4)16-24-38)42-26-36-8-6-5-7-35(36)25-41(42)45(43)37-21-13-31(3)14-22-37/h5-28H,1-4H3. The van der Waals surface area contributed by atoms with Gasteiger partial charge in [0.25, 0.3) is 0 Å². The molecule has 0 amide bonds. The third-order valence-electron chi connectivity index (χ3n) is 9.23. The molecule has 7 aromatic carbocycles. The van der Waals surface area contributed by atoms with Gasteiger partial charge in [-0.25, -0.2) is 0 Å². The lowest BCUT2D eigenvalue weighted by molar-refractivity contribution is 1.17. The summed E-state index contributed by atoms with van der Waals surface area (Å²) in [6.07, 6.45) is 0. The first kappa shape index (κ1) is 27.9. The fraction of sp³-hybridized carbons (Fsp3) is 0.0909. The lowest BCUT2D eigenvalue weighted by Gasteiger charge is -2.41. The van der Waals surface area contributed by atoms with Crippen LogP contribution in [0.2, 0.25) is 0 Å². The molecule has 8 rings (SSSR count). The van der Waals surface area contributed by atoms with Gasteiger partial charge in [0.1, 0.15) is 0 Å². The topological polar surface area (TPSA) is 6.48 Å². The lowest BCUT2D eigenvalue weighted by atomic mass is 9.90. The Morgan fingerprint density at radius 1 is 0.326 bits per heavy atom. The summed E-state index contributed by atoms with van der Waals surface area (Å²) in [6.45, 7) is 8.60. The molecule has 0 spiro atoms. The van der Waals surface area contributed by atoms with Crippen LogP contribution in [0.25, 0.3) is 33.0 Å². The third-order valence-corrected chi connectivity index (χ3v) is 9.23. The quantitative estimate of drug-likeness (QED) is 0.201. The zero-order valence-electron chi connectivity index (χ0n) is 26.8. The average molecular weight is 593 g/mol. The second-order valence-electron chi connectivity index (χ2n) is 12.6. The summed E-state index contributed by atoms with van der Waals surface area (Å²) in [5.74, 6) is 0. The minimum Gasteiger partial charge on any atom is -0.306 e. The molecule has 1 aliphatic rings. The summed E-state index contributed by atoms with van der Waals surface area (Å²) < 4.78 is 0. The molecule has 46 heavy (non-hydrogen) atoms. The molecule has 0 aliphatic carbocycles. The van der Waals surface area contributed by atoms with E-state index in [2.05, 4.69) is 183 Å². The van der Waals surface area contributed by atoms with Gasteiger partial charge in [-0.15, -0.1) is 0 Å². The monoisotopic (exact) mass is 592 g/mol. The van der Waals surface area contributed by atoms with E-state index in [1.807, 2.05) is 0 Å². The summed E-state index contributed by atoms with van der Waals surface area (Å²) >= 11 is 0. The normalized spacial score (nSPS) is 12.3. The number of rotatable bonds is 4. The summed E-state index contributed by atoms with van der Waals surface area (Å²) in [4.78, 5) is 4.91. The summed E-state index contributed by atoms with van der Waals surface area (Å²) in [7, 11) is 0. The molecule has 0 saturated heterocycles. The van der Waals surface area contributed by atoms with Crippen LogP contribution in [0.1, 0.15) is 22.3 Å². The molecule has 0 atom stereocenters. The minimum absolute atomic E-state index is 1.14. The first-order chi connectivity index (χ1) is 22.4. The molecule has 1 heterocycles. The fourth-order valence-corrected chi connectivity index (χ4v) is 6.66. The van der Waals surface area contributed by atoms with E-state index in [0.29, 0.717) is 0 Å². The van der Waals surface area contributed by atoms with Crippen LogP contribution < -0.4 is 9.80 Å². The van der Waals surface area contributed by atoms with Crippen molar-refractivity contribution in [3.05, 3.63) is 168 Å². The summed E-state index contributed by atoms with van der Waals surface area (Å²) in [5.41, 5.74) is 16.8. The van der Waals surface area contributed by atoms with Gasteiger partial charge in [0.05, 0.1) is 22.7 Å². The smallest absolute Gasteiger partial charge is 0.0709 e. The molecule has 0 aromatic heterocycles. The van der Waals surface area contributed by atoms with Gasteiger partial charge in [-0.05, 0) is 109 Å². The van der Waals surface area contributed by atoms with E-state index in [1.165, 1.54) is 55.3 Å². The highest BCUT2D eigenvalue weighted by Gasteiger charge is 2.32. The first-order valence-electron chi connectivity index (χ1n) is 16.0. The molecule has 7 aromatic rings. The molecule has 2 nitrogen and oxygen atoms in total. The Morgan fingerprint density at radius 2 is 0.630 bits per heavy atom. The molecular weight excluding hydrogens is 556 g/mol. The van der Waals surface area contributed by atoms with E-state index in [1.54, 1.807) is 0 Å². The maximum atomic E-state index is 2.46. The fourth-order valence-electron chi connectivity index (χ4n) is 6.66. The van der Waals surface area contributed by atoms with E-state index < -0.39 is 0 Å². The van der Waals surface area contributed by atoms with Crippen LogP contribution in [0.15, 0.2) is 146 Å². The summed E-state index contributed by atoms with van der Waals surface area (Å²) in [5, 5.41) is 2.45. The Bertz CT molecular complexity index is 2050. The van der Waals surface area contributed by atoms with Gasteiger partial charge in [0, 0.05) is 11.4 Å². The number of hydrogen-bond acceptors (Lipinski definition) is 2. The highest BCUT2D eigenvalue weighted by molar-refractivity contribution is 6.08. The molecule has 1 aliphatic heterocycles. The van der Waals surface area contributed by atoms with Gasteiger partial charge in [0.15, 0.2) is 0 Å². The SMILES string of the molecule is Cc1ccc(-c2cc3c(cc2-c2ccc(C)cc2)N(c2ccc(C)cc2)c2cc4ccccc4cc2N3c2ccc(C)cc2)cc1. The number of anilines is 6. The largest absolute Gasteiger partial charge is 0.306 e. The van der Waals surface area contributed by atoms with Crippen molar-refractivity contribution in [3.63, 3.8) is 0 Å². The van der Waals surface area contributed by atoms with Gasteiger partial charge >= 0.3 is 0 Å². The Labute approximate surface area is 271 Å². The van der Waals surface area contributed by atoms with Crippen LogP contribution in [0.5, 0.6) is 0 Å². The van der Waals surface area contributed by atoms with E-state index in [4.69, 9.17) is 0 Å². The van der Waals surface area contributed by atoms with Crippen LogP contribution in [-0.4, -0.2) is 0 Å². The lowest BCUT2D eigenvalue weighted by Crippen LogP contribution is -2.24. The Balaban J connectivity index is 1.49. The summed E-state index contributed by atoms with van der Waals surface area (Å²) in [6, 6.07) is 53.9. The average Bonchev–Trinajstić information content (AvgIpc) is 3.08. The van der Waals surface area contributed by atoms with E-state index in [9.17, 15) is 0 Å². The predicted octanol–water partition coefficient (Wildman–Crippen LogP) is 12.7. The second-order valence-corrected chi connectivity index (χ2v) is 12.6. The van der Waals surface area contributed by atoms with Gasteiger partial charge in [0.2, 0.25) is 0 Å². The van der Waals surface area contributed by atoms with Crippen molar-refractivity contribution < 1.29 is 0 Å². The van der Waals surface area contributed by atoms with Crippen molar-refractivity contribution in [1.82, 2.24) is 0 Å². The molecule has 0 bridgehead atoms. The zero-order valence-corrected chi connectivity index (χ0v) is 26.8. The molecule has 0 saturated carbocycles. The molecule has 2 heteroatoms. The zero-order chi connectivity index (χ0) is 31.4. The van der Waals surface area contributed by atoms with Crippen molar-refractivity contribution in [2.75, 3.05) is 9.80 Å². The highest BCUT2D eigenvalue weighted by Crippen LogP contribution is 2.57. The molecule has 0 fully saturated rings. The van der Waals surface area contributed by atoms with Crippen LogP contribution in [0.3, 0.4) is 0 Å².